The van der Waals surface area contributed by atoms with Gasteiger partial charge in [-0.05, 0) is 49.6 Å². The van der Waals surface area contributed by atoms with E-state index in [1.54, 1.807) is 35.8 Å². The summed E-state index contributed by atoms with van der Waals surface area (Å²) in [7, 11) is 0. The van der Waals surface area contributed by atoms with Crippen molar-refractivity contribution in [1.82, 2.24) is 9.55 Å². The van der Waals surface area contributed by atoms with Crippen LogP contribution in [0.15, 0.2) is 29.1 Å². The summed E-state index contributed by atoms with van der Waals surface area (Å²) in [5, 5.41) is 11.8. The lowest BCUT2D eigenvalue weighted by atomic mass is 9.86. The smallest absolute Gasteiger partial charge is 0.458 e. The fourth-order valence-corrected chi connectivity index (χ4v) is 4.93. The zero-order chi connectivity index (χ0) is 25.1. The van der Waals surface area contributed by atoms with Crippen LogP contribution in [-0.2, 0) is 39.4 Å². The summed E-state index contributed by atoms with van der Waals surface area (Å²) in [6.45, 7) is 5.27. The van der Waals surface area contributed by atoms with Crippen LogP contribution in [0.2, 0.25) is 0 Å². The van der Waals surface area contributed by atoms with Gasteiger partial charge in [-0.25, -0.2) is 14.6 Å². The monoisotopic (exact) mass is 498 g/mol. The first-order valence-electron chi connectivity index (χ1n) is 11.3. The second kappa shape index (κ2) is 8.35. The van der Waals surface area contributed by atoms with Gasteiger partial charge in [-0.15, -0.1) is 0 Å². The summed E-state index contributed by atoms with van der Waals surface area (Å²) in [6, 6.07) is 6.72. The second-order valence-corrected chi connectivity index (χ2v) is 9.18. The van der Waals surface area contributed by atoms with Crippen LogP contribution in [0.3, 0.4) is 0 Å². The Morgan fingerprint density at radius 2 is 2.06 bits per heavy atom. The molecule has 5 rings (SSSR count). The van der Waals surface area contributed by atoms with Crippen LogP contribution in [0, 0.1) is 0 Å². The van der Waals surface area contributed by atoms with Gasteiger partial charge < -0.3 is 23.9 Å². The van der Waals surface area contributed by atoms with E-state index in [-0.39, 0.29) is 42.0 Å². The van der Waals surface area contributed by atoms with Crippen LogP contribution >= 0.6 is 11.6 Å². The maximum Gasteiger partial charge on any atom is 0.515 e. The maximum atomic E-state index is 13.4. The number of hydrogen-bond acceptors (Lipinski definition) is 8. The predicted molar refractivity (Wildman–Crippen MR) is 126 cm³/mol. The number of alkyl halides is 1. The molecule has 2 atom stereocenters. The van der Waals surface area contributed by atoms with Gasteiger partial charge in [0.1, 0.15) is 12.4 Å². The topological polar surface area (TPSA) is 117 Å². The van der Waals surface area contributed by atoms with Crippen LogP contribution in [-0.4, -0.2) is 32.3 Å². The highest BCUT2D eigenvalue weighted by atomic mass is 35.5. The summed E-state index contributed by atoms with van der Waals surface area (Å²) in [4.78, 5) is 42.4. The molecule has 1 unspecified atom stereocenters. The average Bonchev–Trinajstić information content (AvgIpc) is 3.18. The Kier molecular flexibility index (Phi) is 5.56. The van der Waals surface area contributed by atoms with Crippen molar-refractivity contribution in [3.63, 3.8) is 0 Å². The molecule has 4 heterocycles. The number of halogens is 1. The lowest BCUT2D eigenvalue weighted by Crippen LogP contribution is -2.44. The molecule has 2 aliphatic heterocycles. The number of fused-ring (bicyclic) bond motifs is 5. The van der Waals surface area contributed by atoms with Crippen LogP contribution in [0.4, 0.5) is 4.79 Å². The van der Waals surface area contributed by atoms with E-state index in [9.17, 15) is 19.5 Å². The molecule has 10 heteroatoms. The van der Waals surface area contributed by atoms with Crippen LogP contribution in [0.1, 0.15) is 49.4 Å². The van der Waals surface area contributed by atoms with Crippen molar-refractivity contribution in [2.75, 3.05) is 0 Å². The van der Waals surface area contributed by atoms with Crippen molar-refractivity contribution in [1.29, 1.82) is 0 Å². The first kappa shape index (κ1) is 23.3. The van der Waals surface area contributed by atoms with Crippen LogP contribution in [0.5, 0.6) is 5.75 Å². The number of nitrogens with zero attached hydrogens (tertiary/aromatic N) is 2. The summed E-state index contributed by atoms with van der Waals surface area (Å²) >= 11 is 5.68. The summed E-state index contributed by atoms with van der Waals surface area (Å²) in [5.74, 6) is -0.478. The van der Waals surface area contributed by atoms with E-state index in [0.29, 0.717) is 23.3 Å². The van der Waals surface area contributed by atoms with Crippen molar-refractivity contribution >= 4 is 34.6 Å². The van der Waals surface area contributed by atoms with Gasteiger partial charge in [0.15, 0.2) is 11.2 Å². The number of pyridine rings is 2. The van der Waals surface area contributed by atoms with Gasteiger partial charge in [-0.3, -0.25) is 4.79 Å². The molecule has 0 bridgehead atoms. The molecule has 9 nitrogen and oxygen atoms in total. The van der Waals surface area contributed by atoms with Gasteiger partial charge >= 0.3 is 12.1 Å². The van der Waals surface area contributed by atoms with Gasteiger partial charge in [0.05, 0.1) is 29.0 Å². The van der Waals surface area contributed by atoms with Gasteiger partial charge in [0, 0.05) is 16.5 Å². The largest absolute Gasteiger partial charge is 0.515 e. The van der Waals surface area contributed by atoms with E-state index in [2.05, 4.69) is 0 Å². The number of aliphatic hydroxyl groups is 1. The molecule has 35 heavy (non-hydrogen) atoms. The average molecular weight is 499 g/mol. The minimum absolute atomic E-state index is 0.0770. The number of benzene rings is 1. The normalized spacial score (nSPS) is 18.9. The highest BCUT2D eigenvalue weighted by molar-refractivity contribution is 6.19. The molecule has 0 radical (unpaired) electrons. The second-order valence-electron chi connectivity index (χ2n) is 8.57. The first-order valence-corrected chi connectivity index (χ1v) is 11.8. The number of ether oxygens (including phenoxy) is 3. The van der Waals surface area contributed by atoms with E-state index in [4.69, 9.17) is 30.8 Å². The van der Waals surface area contributed by atoms with Crippen LogP contribution < -0.4 is 10.3 Å². The van der Waals surface area contributed by atoms with Crippen molar-refractivity contribution in [3.8, 4) is 17.1 Å². The fraction of sp³-hybridized carbons (Fsp3) is 0.360. The zero-order valence-electron chi connectivity index (χ0n) is 19.4. The van der Waals surface area contributed by atoms with Gasteiger partial charge in [0.25, 0.3) is 5.56 Å². The van der Waals surface area contributed by atoms with E-state index >= 15 is 0 Å². The molecule has 0 saturated carbocycles. The number of rotatable bonds is 4. The Morgan fingerprint density at radius 3 is 2.74 bits per heavy atom. The Balaban J connectivity index is 1.66. The number of carbonyl (C=O) groups is 2. The number of hydrogen-bond donors (Lipinski definition) is 1. The van der Waals surface area contributed by atoms with Crippen molar-refractivity contribution in [2.45, 2.75) is 57.9 Å². The molecule has 182 valence electrons. The molecule has 0 saturated heterocycles. The van der Waals surface area contributed by atoms with E-state index in [1.165, 1.54) is 6.92 Å². The van der Waals surface area contributed by atoms with Gasteiger partial charge in [0.2, 0.25) is 0 Å². The third-order valence-corrected chi connectivity index (χ3v) is 6.68. The number of esters is 1. The molecule has 2 aliphatic rings. The zero-order valence-corrected chi connectivity index (χ0v) is 20.1. The van der Waals surface area contributed by atoms with E-state index < -0.39 is 23.3 Å². The molecule has 0 spiro atoms. The number of aromatic nitrogens is 2. The summed E-state index contributed by atoms with van der Waals surface area (Å²) in [5.41, 5.74) is 1.15. The molecule has 0 amide bonds. The minimum atomic E-state index is -1.88. The standard InChI is InChI=1S/C25H23ClN2O7/c1-4-14-15-8-13(35-24(31)34-12(3)26)6-7-19(15)27-21-16(14)10-28-20(21)9-18-17(22(28)29)11-33-23(30)25(18,32)5-2/h6-9,12,32H,4-5,10-11H2,1-3H3/t12-,25?/m1/s1. The van der Waals surface area contributed by atoms with E-state index in [0.717, 1.165) is 16.5 Å². The lowest BCUT2D eigenvalue weighted by molar-refractivity contribution is -0.172. The summed E-state index contributed by atoms with van der Waals surface area (Å²) < 4.78 is 16.8. The fourth-order valence-electron chi connectivity index (χ4n) is 4.86. The molecule has 1 aromatic carbocycles. The third kappa shape index (κ3) is 3.57. The third-order valence-electron chi connectivity index (χ3n) is 6.59. The summed E-state index contributed by atoms with van der Waals surface area (Å²) in [6.07, 6.45) is -0.200. The van der Waals surface area contributed by atoms with Crippen molar-refractivity contribution in [2.24, 2.45) is 0 Å². The maximum absolute atomic E-state index is 13.4. The van der Waals surface area contributed by atoms with Gasteiger partial charge in [-0.1, -0.05) is 25.4 Å². The SMILES string of the molecule is CCc1c2c(nc3ccc(OC(=O)O[C@H](C)Cl)cc13)-c1cc3c(c(=O)n1C2)COC(=O)C3(O)CC. The highest BCUT2D eigenvalue weighted by Gasteiger charge is 2.45. The van der Waals surface area contributed by atoms with Gasteiger partial charge in [-0.2, -0.15) is 0 Å². The quantitative estimate of drug-likeness (QED) is 0.257. The van der Waals surface area contributed by atoms with Crippen molar-refractivity contribution < 1.29 is 28.9 Å². The number of cyclic esters (lactones) is 1. The Labute approximate surface area is 205 Å². The predicted octanol–water partition coefficient (Wildman–Crippen LogP) is 3.74. The molecule has 0 aliphatic carbocycles. The molecule has 1 N–H and O–H groups in total. The molecule has 3 aromatic rings. The number of carbonyl (C=O) groups excluding carboxylic acids is 2. The Bertz CT molecular complexity index is 1460. The Morgan fingerprint density at radius 1 is 1.29 bits per heavy atom. The van der Waals surface area contributed by atoms with E-state index in [1.807, 2.05) is 6.92 Å². The molecular formula is C25H23ClN2O7. The highest BCUT2D eigenvalue weighted by Crippen LogP contribution is 2.40. The van der Waals surface area contributed by atoms with Crippen molar-refractivity contribution in [3.05, 3.63) is 56.9 Å². The first-order chi connectivity index (χ1) is 16.7. The lowest BCUT2D eigenvalue weighted by Gasteiger charge is -2.31. The minimum Gasteiger partial charge on any atom is -0.458 e. The number of aryl methyl sites for hydroxylation is 1. The Hall–Kier alpha value is -3.43. The molecule has 0 fully saturated rings. The molecule has 2 aromatic heterocycles. The molecular weight excluding hydrogens is 476 g/mol. The van der Waals surface area contributed by atoms with Crippen LogP contribution in [0.25, 0.3) is 22.3 Å².